The molecule has 0 saturated carbocycles. The molecule has 18 heavy (non-hydrogen) atoms. The lowest BCUT2D eigenvalue weighted by atomic mass is 10.1. The van der Waals surface area contributed by atoms with Crippen LogP contribution in [0, 0.1) is 0 Å². The van der Waals surface area contributed by atoms with Crippen LogP contribution in [0.2, 0.25) is 0 Å². The van der Waals surface area contributed by atoms with E-state index in [1.165, 1.54) is 0 Å². The second-order valence-corrected chi connectivity index (χ2v) is 3.28. The van der Waals surface area contributed by atoms with Gasteiger partial charge in [0.1, 0.15) is 11.4 Å². The van der Waals surface area contributed by atoms with Gasteiger partial charge in [0.2, 0.25) is 0 Å². The Bertz CT molecular complexity index is 449. The number of carbonyl (C=O) groups excluding carboxylic acids is 1. The standard InChI is InChI=1S/C9H5ClF5NO2/c10-1-4-2-16-5(3-17)6(8(11)12)7(4)18-9(13,14)15/h2-3,8H,1H2. The number of alkyl halides is 6. The summed E-state index contributed by atoms with van der Waals surface area (Å²) in [5.74, 6) is -1.69. The molecule has 0 saturated heterocycles. The Morgan fingerprint density at radius 1 is 1.44 bits per heavy atom. The van der Waals surface area contributed by atoms with E-state index < -0.39 is 35.7 Å². The van der Waals surface area contributed by atoms with E-state index in [-0.39, 0.29) is 11.8 Å². The molecule has 0 aromatic carbocycles. The van der Waals surface area contributed by atoms with Gasteiger partial charge in [0.05, 0.1) is 11.4 Å². The molecule has 0 bridgehead atoms. The number of halogens is 6. The van der Waals surface area contributed by atoms with Crippen molar-refractivity contribution in [2.24, 2.45) is 0 Å². The Kier molecular flexibility index (Phi) is 4.44. The summed E-state index contributed by atoms with van der Waals surface area (Å²) in [6.07, 6.45) is -7.82. The maximum atomic E-state index is 12.7. The fraction of sp³-hybridized carbons (Fsp3) is 0.333. The molecule has 0 aliphatic heterocycles. The van der Waals surface area contributed by atoms with E-state index in [1.807, 2.05) is 0 Å². The molecule has 0 atom stereocenters. The number of aromatic nitrogens is 1. The summed E-state index contributed by atoms with van der Waals surface area (Å²) >= 11 is 5.31. The molecule has 0 fully saturated rings. The number of aldehydes is 1. The molecule has 0 aliphatic carbocycles. The van der Waals surface area contributed by atoms with Crippen LogP contribution in [0.25, 0.3) is 0 Å². The van der Waals surface area contributed by atoms with Crippen LogP contribution in [0.3, 0.4) is 0 Å². The quantitative estimate of drug-likeness (QED) is 0.484. The maximum Gasteiger partial charge on any atom is 0.573 e. The molecule has 0 amide bonds. The van der Waals surface area contributed by atoms with Crippen LogP contribution >= 0.6 is 11.6 Å². The van der Waals surface area contributed by atoms with Crippen molar-refractivity contribution in [1.29, 1.82) is 0 Å². The van der Waals surface area contributed by atoms with Crippen molar-refractivity contribution in [2.75, 3.05) is 0 Å². The third-order valence-electron chi connectivity index (χ3n) is 1.86. The molecule has 1 aromatic rings. The number of hydrogen-bond donors (Lipinski definition) is 0. The predicted molar refractivity (Wildman–Crippen MR) is 50.8 cm³/mol. The Hall–Kier alpha value is -1.44. The Morgan fingerprint density at radius 3 is 2.44 bits per heavy atom. The smallest absolute Gasteiger partial charge is 0.405 e. The number of ether oxygens (including phenoxy) is 1. The highest BCUT2D eigenvalue weighted by molar-refractivity contribution is 6.17. The molecular weight excluding hydrogens is 285 g/mol. The second kappa shape index (κ2) is 5.47. The molecule has 100 valence electrons. The maximum absolute atomic E-state index is 12.7. The number of carbonyl (C=O) groups is 1. The molecule has 0 spiro atoms. The number of pyridine rings is 1. The first kappa shape index (κ1) is 14.6. The Balaban J connectivity index is 3.45. The SMILES string of the molecule is O=Cc1ncc(CCl)c(OC(F)(F)F)c1C(F)F. The van der Waals surface area contributed by atoms with E-state index in [2.05, 4.69) is 9.72 Å². The minimum Gasteiger partial charge on any atom is -0.405 e. The first-order valence-corrected chi connectivity index (χ1v) is 4.90. The predicted octanol–water partition coefficient (Wildman–Crippen LogP) is 3.47. The van der Waals surface area contributed by atoms with Gasteiger partial charge in [-0.1, -0.05) is 0 Å². The average molecular weight is 290 g/mol. The lowest BCUT2D eigenvalue weighted by Gasteiger charge is -2.16. The highest BCUT2D eigenvalue weighted by Crippen LogP contribution is 2.37. The van der Waals surface area contributed by atoms with Crippen LogP contribution < -0.4 is 4.74 Å². The molecule has 0 unspecified atom stereocenters. The number of hydrogen-bond acceptors (Lipinski definition) is 3. The van der Waals surface area contributed by atoms with Gasteiger partial charge >= 0.3 is 6.36 Å². The van der Waals surface area contributed by atoms with Gasteiger partial charge in [-0.2, -0.15) is 0 Å². The largest absolute Gasteiger partial charge is 0.573 e. The molecule has 0 N–H and O–H groups in total. The molecule has 1 heterocycles. The second-order valence-electron chi connectivity index (χ2n) is 3.01. The molecular formula is C9H5ClF5NO2. The molecule has 1 aromatic heterocycles. The van der Waals surface area contributed by atoms with Gasteiger partial charge in [0.15, 0.2) is 6.29 Å². The number of rotatable bonds is 4. The normalized spacial score (nSPS) is 11.7. The summed E-state index contributed by atoms with van der Waals surface area (Å²) in [5, 5.41) is 0. The number of nitrogens with zero attached hydrogens (tertiary/aromatic N) is 1. The summed E-state index contributed by atoms with van der Waals surface area (Å²) in [6, 6.07) is 0. The van der Waals surface area contributed by atoms with Crippen molar-refractivity contribution in [3.8, 4) is 5.75 Å². The van der Waals surface area contributed by atoms with Gasteiger partial charge in [0, 0.05) is 11.8 Å². The Labute approximate surface area is 103 Å². The zero-order valence-corrected chi connectivity index (χ0v) is 9.23. The molecule has 3 nitrogen and oxygen atoms in total. The first-order chi connectivity index (χ1) is 8.30. The van der Waals surface area contributed by atoms with Gasteiger partial charge in [-0.05, 0) is 0 Å². The average Bonchev–Trinajstić information content (AvgIpc) is 2.25. The van der Waals surface area contributed by atoms with E-state index in [0.29, 0.717) is 0 Å². The first-order valence-electron chi connectivity index (χ1n) is 4.37. The van der Waals surface area contributed by atoms with Gasteiger partial charge < -0.3 is 4.74 Å². The van der Waals surface area contributed by atoms with Crippen LogP contribution in [0.1, 0.15) is 28.0 Å². The minimum absolute atomic E-state index is 0.0806. The van der Waals surface area contributed by atoms with Crippen molar-refractivity contribution in [1.82, 2.24) is 4.98 Å². The van der Waals surface area contributed by atoms with Crippen LogP contribution in [-0.4, -0.2) is 17.6 Å². The zero-order chi connectivity index (χ0) is 13.9. The van der Waals surface area contributed by atoms with Crippen molar-refractivity contribution >= 4 is 17.9 Å². The lowest BCUT2D eigenvalue weighted by molar-refractivity contribution is -0.275. The van der Waals surface area contributed by atoms with Crippen molar-refractivity contribution in [3.05, 3.63) is 23.0 Å². The molecule has 0 radical (unpaired) electrons. The fourth-order valence-corrected chi connectivity index (χ4v) is 1.39. The van der Waals surface area contributed by atoms with Crippen LogP contribution in [0.15, 0.2) is 6.20 Å². The Morgan fingerprint density at radius 2 is 2.06 bits per heavy atom. The van der Waals surface area contributed by atoms with Crippen molar-refractivity contribution < 1.29 is 31.5 Å². The van der Waals surface area contributed by atoms with Crippen molar-refractivity contribution in [3.63, 3.8) is 0 Å². The summed E-state index contributed by atoms with van der Waals surface area (Å²) in [5.41, 5.74) is -2.42. The van der Waals surface area contributed by atoms with Crippen molar-refractivity contribution in [2.45, 2.75) is 18.7 Å². The van der Waals surface area contributed by atoms with Crippen LogP contribution in [0.4, 0.5) is 22.0 Å². The summed E-state index contributed by atoms with van der Waals surface area (Å²) in [6.45, 7) is 0. The molecule has 1 rings (SSSR count). The highest BCUT2D eigenvalue weighted by atomic mass is 35.5. The van der Waals surface area contributed by atoms with E-state index in [9.17, 15) is 26.7 Å². The fourth-order valence-electron chi connectivity index (χ4n) is 1.20. The third-order valence-corrected chi connectivity index (χ3v) is 2.15. The van der Waals surface area contributed by atoms with Gasteiger partial charge in [-0.15, -0.1) is 24.8 Å². The zero-order valence-electron chi connectivity index (χ0n) is 8.47. The molecule has 0 aliphatic rings. The van der Waals surface area contributed by atoms with E-state index >= 15 is 0 Å². The van der Waals surface area contributed by atoms with Crippen LogP contribution in [-0.2, 0) is 5.88 Å². The topological polar surface area (TPSA) is 39.2 Å². The summed E-state index contributed by atoms with van der Waals surface area (Å²) < 4.78 is 65.2. The lowest BCUT2D eigenvalue weighted by Crippen LogP contribution is -2.20. The van der Waals surface area contributed by atoms with E-state index in [1.54, 1.807) is 0 Å². The third kappa shape index (κ3) is 3.28. The van der Waals surface area contributed by atoms with Crippen LogP contribution in [0.5, 0.6) is 5.75 Å². The van der Waals surface area contributed by atoms with Gasteiger partial charge in [0.25, 0.3) is 6.43 Å². The minimum atomic E-state index is -5.17. The monoisotopic (exact) mass is 289 g/mol. The summed E-state index contributed by atoms with van der Waals surface area (Å²) in [7, 11) is 0. The van der Waals surface area contributed by atoms with Gasteiger partial charge in [-0.25, -0.2) is 8.78 Å². The van der Waals surface area contributed by atoms with Gasteiger partial charge in [-0.3, -0.25) is 9.78 Å². The molecule has 9 heteroatoms. The highest BCUT2D eigenvalue weighted by Gasteiger charge is 2.35. The summed E-state index contributed by atoms with van der Waals surface area (Å²) in [4.78, 5) is 13.8. The van der Waals surface area contributed by atoms with E-state index in [0.717, 1.165) is 6.20 Å². The van der Waals surface area contributed by atoms with E-state index in [4.69, 9.17) is 11.6 Å².